The number of carbonyl (C=O) groups is 2. The lowest BCUT2D eigenvalue weighted by molar-refractivity contribution is -0.144. The number of hydrogen-bond acceptors (Lipinski definition) is 17. The predicted octanol–water partition coefficient (Wildman–Crippen LogP) is -0.937. The molecule has 4 heterocycles. The van der Waals surface area contributed by atoms with Crippen molar-refractivity contribution < 1.29 is 75.5 Å². The van der Waals surface area contributed by atoms with Gasteiger partial charge in [-0.25, -0.2) is 32.4 Å². The average Bonchev–Trinajstić information content (AvgIpc) is 3.08. The van der Waals surface area contributed by atoms with Crippen LogP contribution in [-0.2, 0) is 51.3 Å². The smallest absolute Gasteiger partial charge is 0.426 e. The van der Waals surface area contributed by atoms with Crippen LogP contribution in [0.2, 0.25) is 0 Å². The molecule has 1 aromatic rings. The van der Waals surface area contributed by atoms with Gasteiger partial charge in [-0.2, -0.15) is 0 Å². The van der Waals surface area contributed by atoms with Gasteiger partial charge in [-0.1, -0.05) is 0 Å². The minimum absolute atomic E-state index is 0.144. The number of halogens is 1. The number of carbonyl (C=O) groups excluding carboxylic acids is 2. The second-order valence-corrected chi connectivity index (χ2v) is 11.0. The summed E-state index contributed by atoms with van der Waals surface area (Å²) >= 11 is 0. The number of aromatic amines is 1. The lowest BCUT2D eigenvalue weighted by atomic mass is 9.88. The maximum Gasteiger partial charge on any atom is 0.510 e. The molecular weight excluding hydrogens is 602 g/mol. The molecule has 0 spiro atoms. The van der Waals surface area contributed by atoms with Gasteiger partial charge in [-0.3, -0.25) is 18.9 Å². The molecule has 0 radical (unpaired) electrons. The summed E-state index contributed by atoms with van der Waals surface area (Å²) in [5, 5.41) is 21.7. The molecule has 4 atom stereocenters. The lowest BCUT2D eigenvalue weighted by Gasteiger charge is -2.31. The number of rotatable bonds is 13. The first-order chi connectivity index (χ1) is 19.9. The summed E-state index contributed by atoms with van der Waals surface area (Å²) in [5.74, 6) is 0. The molecule has 3 aliphatic rings. The molecule has 42 heavy (non-hydrogen) atoms. The zero-order chi connectivity index (χ0) is 30.5. The number of phosphoric ester groups is 1. The second-order valence-electron chi connectivity index (χ2n) is 9.37. The molecule has 3 N–H and O–H groups in total. The van der Waals surface area contributed by atoms with E-state index < -0.39 is 94.0 Å². The quantitative estimate of drug-likeness (QED) is 0.135. The van der Waals surface area contributed by atoms with Crippen molar-refractivity contribution >= 4 is 20.1 Å². The Labute approximate surface area is 234 Å². The molecule has 3 fully saturated rings. The number of hydrogen-bond donors (Lipinski definition) is 3. The molecule has 4 rings (SSSR count). The van der Waals surface area contributed by atoms with Crippen molar-refractivity contribution in [1.82, 2.24) is 9.55 Å². The zero-order valence-electron chi connectivity index (χ0n) is 21.9. The van der Waals surface area contributed by atoms with Crippen LogP contribution < -0.4 is 11.2 Å². The van der Waals surface area contributed by atoms with E-state index in [1.54, 1.807) is 0 Å². The third-order valence-electron chi connectivity index (χ3n) is 6.21. The number of aliphatic hydroxyl groups excluding tert-OH is 1. The fourth-order valence-electron chi connectivity index (χ4n) is 3.76. The number of H-pyrrole nitrogens is 1. The molecule has 236 valence electrons. The maximum atomic E-state index is 14.4. The van der Waals surface area contributed by atoms with Crippen molar-refractivity contribution in [2.45, 2.75) is 42.7 Å². The highest BCUT2D eigenvalue weighted by Crippen LogP contribution is 2.52. The molecule has 0 saturated carbocycles. The van der Waals surface area contributed by atoms with Crippen molar-refractivity contribution in [2.24, 2.45) is 0 Å². The van der Waals surface area contributed by atoms with E-state index in [1.807, 2.05) is 4.98 Å². The maximum absolute atomic E-state index is 14.4. The number of aromatic nitrogens is 2. The van der Waals surface area contributed by atoms with Gasteiger partial charge >= 0.3 is 25.8 Å². The Kier molecular flexibility index (Phi) is 10.0. The van der Waals surface area contributed by atoms with E-state index in [2.05, 4.69) is 9.47 Å². The lowest BCUT2D eigenvalue weighted by Crippen LogP contribution is -2.53. The summed E-state index contributed by atoms with van der Waals surface area (Å²) in [6.07, 6.45) is -6.51. The number of aliphatic hydroxyl groups is 2. The Morgan fingerprint density at radius 3 is 2.07 bits per heavy atom. The Morgan fingerprint density at radius 1 is 1.07 bits per heavy atom. The summed E-state index contributed by atoms with van der Waals surface area (Å²) < 4.78 is 77.5. The standard InChI is InChI=1S/C21H28FN2O17P/c1-20(30)15(26)21(8-22,41-16(20)24-3-2-14(25)23-17(24)27)9-36-42(31,37-10-34-18(28)39-12-4-32-5-12)38-11-35-19(29)40-13-6-33-7-13/h2-3,12-13,15-16,26,30H,4-11H2,1H3,(H,23,25,27)/t15-,16+,20+,21+/m0/s1. The predicted molar refractivity (Wildman–Crippen MR) is 127 cm³/mol. The van der Waals surface area contributed by atoms with Crippen LogP contribution in [-0.4, -0.2) is 115 Å². The summed E-state index contributed by atoms with van der Waals surface area (Å²) in [5.41, 5.74) is -6.67. The average molecular weight is 630 g/mol. The van der Waals surface area contributed by atoms with E-state index in [4.69, 9.17) is 37.3 Å². The minimum atomic E-state index is -4.94. The Hall–Kier alpha value is -2.94. The molecule has 0 aromatic carbocycles. The van der Waals surface area contributed by atoms with Gasteiger partial charge < -0.3 is 43.4 Å². The SMILES string of the molecule is C[C@@]1(O)[C@H](O)[C@@](CF)(COP(=O)(OCOC(=O)OC2COC2)OCOC(=O)OC2COC2)O[C@H]1n1ccc(=O)[nH]c1=O. The van der Waals surface area contributed by atoms with Crippen LogP contribution in [0.15, 0.2) is 21.9 Å². The first kappa shape index (κ1) is 32.0. The molecule has 0 amide bonds. The Balaban J connectivity index is 1.43. The van der Waals surface area contributed by atoms with Crippen LogP contribution in [0.1, 0.15) is 13.2 Å². The zero-order valence-corrected chi connectivity index (χ0v) is 22.8. The molecule has 0 unspecified atom stereocenters. The van der Waals surface area contributed by atoms with Crippen LogP contribution in [0, 0.1) is 0 Å². The molecule has 19 nitrogen and oxygen atoms in total. The number of phosphoric acid groups is 1. The van der Waals surface area contributed by atoms with Gasteiger partial charge in [0, 0.05) is 12.3 Å². The van der Waals surface area contributed by atoms with Gasteiger partial charge in [0.05, 0.1) is 33.0 Å². The molecule has 0 aliphatic carbocycles. The van der Waals surface area contributed by atoms with E-state index in [-0.39, 0.29) is 26.4 Å². The first-order valence-corrected chi connectivity index (χ1v) is 13.7. The topological polar surface area (TPSA) is 239 Å². The highest BCUT2D eigenvalue weighted by Gasteiger charge is 2.63. The van der Waals surface area contributed by atoms with Crippen LogP contribution in [0.25, 0.3) is 0 Å². The van der Waals surface area contributed by atoms with E-state index in [0.29, 0.717) is 4.57 Å². The summed E-state index contributed by atoms with van der Waals surface area (Å²) in [6.45, 7) is -3.31. The number of nitrogens with zero attached hydrogens (tertiary/aromatic N) is 1. The first-order valence-electron chi connectivity index (χ1n) is 12.2. The van der Waals surface area contributed by atoms with Crippen molar-refractivity contribution in [3.8, 4) is 0 Å². The monoisotopic (exact) mass is 630 g/mol. The van der Waals surface area contributed by atoms with Gasteiger partial charge in [0.2, 0.25) is 13.6 Å². The van der Waals surface area contributed by atoms with Crippen molar-refractivity contribution in [3.63, 3.8) is 0 Å². The van der Waals surface area contributed by atoms with Gasteiger partial charge in [0.1, 0.15) is 18.4 Å². The van der Waals surface area contributed by atoms with Crippen LogP contribution in [0.3, 0.4) is 0 Å². The third kappa shape index (κ3) is 7.33. The number of alkyl halides is 1. The normalized spacial score (nSPS) is 28.0. The Bertz CT molecular complexity index is 1240. The molecule has 3 aliphatic heterocycles. The fourth-order valence-corrected chi connectivity index (χ4v) is 4.73. The van der Waals surface area contributed by atoms with Crippen LogP contribution in [0.5, 0.6) is 0 Å². The van der Waals surface area contributed by atoms with E-state index in [9.17, 15) is 38.3 Å². The van der Waals surface area contributed by atoms with Gasteiger partial charge in [-0.15, -0.1) is 0 Å². The molecule has 3 saturated heterocycles. The molecular formula is C21H28FN2O17P. The van der Waals surface area contributed by atoms with E-state index >= 15 is 0 Å². The van der Waals surface area contributed by atoms with Gasteiger partial charge in [-0.05, 0) is 6.92 Å². The van der Waals surface area contributed by atoms with E-state index in [1.165, 1.54) is 0 Å². The Morgan fingerprint density at radius 2 is 1.62 bits per heavy atom. The molecule has 21 heteroatoms. The van der Waals surface area contributed by atoms with Crippen molar-refractivity contribution in [3.05, 3.63) is 33.1 Å². The van der Waals surface area contributed by atoms with E-state index in [0.717, 1.165) is 19.2 Å². The largest absolute Gasteiger partial charge is 0.510 e. The van der Waals surface area contributed by atoms with Gasteiger partial charge in [0.25, 0.3) is 5.56 Å². The second kappa shape index (κ2) is 13.1. The molecule has 0 bridgehead atoms. The number of ether oxygens (including phenoxy) is 7. The van der Waals surface area contributed by atoms with Crippen molar-refractivity contribution in [1.29, 1.82) is 0 Å². The van der Waals surface area contributed by atoms with Gasteiger partial charge in [0.15, 0.2) is 24.0 Å². The molecule has 1 aromatic heterocycles. The number of nitrogens with one attached hydrogen (secondary N) is 1. The summed E-state index contributed by atoms with van der Waals surface area (Å²) in [7, 11) is -4.94. The van der Waals surface area contributed by atoms with Crippen LogP contribution >= 0.6 is 7.82 Å². The minimum Gasteiger partial charge on any atom is -0.426 e. The summed E-state index contributed by atoms with van der Waals surface area (Å²) in [4.78, 5) is 49.1. The van der Waals surface area contributed by atoms with Crippen LogP contribution in [0.4, 0.5) is 14.0 Å². The fraction of sp³-hybridized carbons (Fsp3) is 0.714. The third-order valence-corrected chi connectivity index (χ3v) is 7.50. The highest BCUT2D eigenvalue weighted by molar-refractivity contribution is 7.48. The van der Waals surface area contributed by atoms with Crippen molar-refractivity contribution in [2.75, 3.05) is 53.3 Å². The highest BCUT2D eigenvalue weighted by atomic mass is 31.2. The summed E-state index contributed by atoms with van der Waals surface area (Å²) in [6, 6.07) is 0.918.